The van der Waals surface area contributed by atoms with Gasteiger partial charge in [0.15, 0.2) is 11.5 Å². The van der Waals surface area contributed by atoms with Gasteiger partial charge in [-0.25, -0.2) is 4.39 Å². The highest BCUT2D eigenvalue weighted by atomic mass is 19.1. The first-order valence-electron chi connectivity index (χ1n) is 5.95. The van der Waals surface area contributed by atoms with Gasteiger partial charge in [0.05, 0.1) is 0 Å². The molecule has 0 saturated heterocycles. The lowest BCUT2D eigenvalue weighted by atomic mass is 9.81. The van der Waals surface area contributed by atoms with Gasteiger partial charge in [-0.15, -0.1) is 0 Å². The maximum absolute atomic E-state index is 13.0. The van der Waals surface area contributed by atoms with Crippen molar-refractivity contribution in [1.82, 2.24) is 0 Å². The predicted molar refractivity (Wildman–Crippen MR) is 62.5 cm³/mol. The first kappa shape index (κ1) is 10.5. The van der Waals surface area contributed by atoms with E-state index in [1.165, 1.54) is 18.6 Å². The van der Waals surface area contributed by atoms with Crippen molar-refractivity contribution in [2.75, 3.05) is 0 Å². The number of carbonyl (C=O) groups excluding carboxylic acids is 1. The molecular formula is C14H13FO2. The quantitative estimate of drug-likeness (QED) is 0.750. The van der Waals surface area contributed by atoms with E-state index >= 15 is 0 Å². The number of carbonyl (C=O) groups is 1. The van der Waals surface area contributed by atoms with E-state index in [1.54, 1.807) is 12.1 Å². The molecule has 0 radical (unpaired) electrons. The lowest BCUT2D eigenvalue weighted by Gasteiger charge is -2.23. The van der Waals surface area contributed by atoms with Crippen LogP contribution in [0, 0.1) is 11.7 Å². The lowest BCUT2D eigenvalue weighted by molar-refractivity contribution is 0.0911. The van der Waals surface area contributed by atoms with Gasteiger partial charge >= 0.3 is 0 Å². The van der Waals surface area contributed by atoms with E-state index in [0.717, 1.165) is 12.8 Å². The highest BCUT2D eigenvalue weighted by molar-refractivity contribution is 5.97. The standard InChI is InChI=1S/C14H13FO2/c15-11-4-5-13-10(7-11)8-14(17-13)12(16)6-9-2-1-3-9/h4-5,7-9H,1-3,6H2. The molecule has 1 aromatic heterocycles. The van der Waals surface area contributed by atoms with Gasteiger partial charge in [-0.3, -0.25) is 4.79 Å². The number of benzene rings is 1. The Bertz CT molecular complexity index is 567. The Hall–Kier alpha value is -1.64. The van der Waals surface area contributed by atoms with E-state index in [2.05, 4.69) is 0 Å². The fourth-order valence-electron chi connectivity index (χ4n) is 2.21. The summed E-state index contributed by atoms with van der Waals surface area (Å²) in [5.74, 6) is 0.604. The number of Topliss-reactive ketones (excluding diaryl/α,β-unsaturated/α-hetero) is 1. The topological polar surface area (TPSA) is 30.2 Å². The predicted octanol–water partition coefficient (Wildman–Crippen LogP) is 3.94. The summed E-state index contributed by atoms with van der Waals surface area (Å²) in [5, 5.41) is 0.655. The molecule has 0 unspecified atom stereocenters. The van der Waals surface area contributed by atoms with Crippen LogP contribution in [0.1, 0.15) is 36.2 Å². The maximum atomic E-state index is 13.0. The minimum absolute atomic E-state index is 0.0336. The Morgan fingerprint density at radius 3 is 2.88 bits per heavy atom. The summed E-state index contributed by atoms with van der Waals surface area (Å²) < 4.78 is 18.4. The smallest absolute Gasteiger partial charge is 0.198 e. The van der Waals surface area contributed by atoms with Gasteiger partial charge in [0.1, 0.15) is 11.4 Å². The summed E-state index contributed by atoms with van der Waals surface area (Å²) >= 11 is 0. The molecule has 3 heteroatoms. The molecule has 1 aliphatic carbocycles. The van der Waals surface area contributed by atoms with Crippen LogP contribution in [0.3, 0.4) is 0 Å². The Morgan fingerprint density at radius 2 is 2.18 bits per heavy atom. The number of fused-ring (bicyclic) bond motifs is 1. The molecule has 88 valence electrons. The van der Waals surface area contributed by atoms with Crippen molar-refractivity contribution in [3.05, 3.63) is 35.8 Å². The molecule has 1 aliphatic rings. The van der Waals surface area contributed by atoms with Crippen molar-refractivity contribution in [1.29, 1.82) is 0 Å². The van der Waals surface area contributed by atoms with Crippen LogP contribution in [0.15, 0.2) is 28.7 Å². The molecule has 3 rings (SSSR count). The van der Waals surface area contributed by atoms with Gasteiger partial charge in [0, 0.05) is 11.8 Å². The van der Waals surface area contributed by atoms with Crippen LogP contribution in [0.4, 0.5) is 4.39 Å². The van der Waals surface area contributed by atoms with Crippen molar-refractivity contribution in [2.24, 2.45) is 5.92 Å². The minimum Gasteiger partial charge on any atom is -0.453 e. The van der Waals surface area contributed by atoms with E-state index in [1.807, 2.05) is 0 Å². The zero-order valence-corrected chi connectivity index (χ0v) is 9.41. The molecule has 0 amide bonds. The Balaban J connectivity index is 1.86. The molecule has 1 saturated carbocycles. The second kappa shape index (κ2) is 3.99. The summed E-state index contributed by atoms with van der Waals surface area (Å²) in [6, 6.07) is 5.93. The molecule has 17 heavy (non-hydrogen) atoms. The first-order valence-corrected chi connectivity index (χ1v) is 5.95. The molecule has 0 aliphatic heterocycles. The van der Waals surface area contributed by atoms with Crippen molar-refractivity contribution in [3.63, 3.8) is 0 Å². The summed E-state index contributed by atoms with van der Waals surface area (Å²) in [6.07, 6.45) is 4.06. The molecule has 1 aromatic carbocycles. The van der Waals surface area contributed by atoms with E-state index in [4.69, 9.17) is 4.42 Å². The van der Waals surface area contributed by atoms with Crippen LogP contribution in [-0.4, -0.2) is 5.78 Å². The second-order valence-corrected chi connectivity index (χ2v) is 4.72. The number of ketones is 1. The van der Waals surface area contributed by atoms with Gasteiger partial charge < -0.3 is 4.42 Å². The second-order valence-electron chi connectivity index (χ2n) is 4.72. The number of hydrogen-bond donors (Lipinski definition) is 0. The monoisotopic (exact) mass is 232 g/mol. The SMILES string of the molecule is O=C(CC1CCC1)c1cc2cc(F)ccc2o1. The average molecular weight is 232 g/mol. The van der Waals surface area contributed by atoms with Crippen LogP contribution in [0.5, 0.6) is 0 Å². The summed E-state index contributed by atoms with van der Waals surface area (Å²) in [6.45, 7) is 0. The van der Waals surface area contributed by atoms with E-state index < -0.39 is 0 Å². The van der Waals surface area contributed by atoms with Crippen LogP contribution >= 0.6 is 0 Å². The van der Waals surface area contributed by atoms with E-state index in [0.29, 0.717) is 29.1 Å². The van der Waals surface area contributed by atoms with Gasteiger partial charge in [-0.05, 0) is 43.0 Å². The minimum atomic E-state index is -0.309. The van der Waals surface area contributed by atoms with Gasteiger partial charge in [-0.1, -0.05) is 6.42 Å². The normalized spacial score (nSPS) is 16.1. The number of hydrogen-bond acceptors (Lipinski definition) is 2. The van der Waals surface area contributed by atoms with E-state index in [-0.39, 0.29) is 11.6 Å². The molecule has 0 spiro atoms. The van der Waals surface area contributed by atoms with Crippen molar-refractivity contribution in [2.45, 2.75) is 25.7 Å². The fourth-order valence-corrected chi connectivity index (χ4v) is 2.21. The van der Waals surface area contributed by atoms with Crippen LogP contribution < -0.4 is 0 Å². The number of rotatable bonds is 3. The maximum Gasteiger partial charge on any atom is 0.198 e. The third-order valence-electron chi connectivity index (χ3n) is 3.45. The van der Waals surface area contributed by atoms with Crippen LogP contribution in [0.25, 0.3) is 11.0 Å². The van der Waals surface area contributed by atoms with Gasteiger partial charge in [0.25, 0.3) is 0 Å². The Kier molecular flexibility index (Phi) is 2.46. The average Bonchev–Trinajstić information content (AvgIpc) is 2.65. The third-order valence-corrected chi connectivity index (χ3v) is 3.45. The molecule has 2 nitrogen and oxygen atoms in total. The van der Waals surface area contributed by atoms with Crippen molar-refractivity contribution >= 4 is 16.8 Å². The van der Waals surface area contributed by atoms with Crippen molar-refractivity contribution in [3.8, 4) is 0 Å². The highest BCUT2D eigenvalue weighted by Gasteiger charge is 2.23. The molecule has 1 heterocycles. The van der Waals surface area contributed by atoms with Crippen LogP contribution in [-0.2, 0) is 0 Å². The lowest BCUT2D eigenvalue weighted by Crippen LogP contribution is -2.15. The zero-order chi connectivity index (χ0) is 11.8. The van der Waals surface area contributed by atoms with Crippen LogP contribution in [0.2, 0.25) is 0 Å². The molecular weight excluding hydrogens is 219 g/mol. The fraction of sp³-hybridized carbons (Fsp3) is 0.357. The number of halogens is 1. The zero-order valence-electron chi connectivity index (χ0n) is 9.41. The molecule has 1 fully saturated rings. The summed E-state index contributed by atoms with van der Waals surface area (Å²) in [4.78, 5) is 11.9. The Morgan fingerprint density at radius 1 is 1.35 bits per heavy atom. The van der Waals surface area contributed by atoms with Gasteiger partial charge in [-0.2, -0.15) is 0 Å². The molecule has 0 atom stereocenters. The largest absolute Gasteiger partial charge is 0.453 e. The number of furan rings is 1. The van der Waals surface area contributed by atoms with E-state index in [9.17, 15) is 9.18 Å². The Labute approximate surface area is 98.4 Å². The molecule has 0 bridgehead atoms. The summed E-state index contributed by atoms with van der Waals surface area (Å²) in [7, 11) is 0. The first-order chi connectivity index (χ1) is 8.22. The summed E-state index contributed by atoms with van der Waals surface area (Å²) in [5.41, 5.74) is 0.573. The van der Waals surface area contributed by atoms with Gasteiger partial charge in [0.2, 0.25) is 0 Å². The molecule has 0 N–H and O–H groups in total. The molecule has 2 aromatic rings. The highest BCUT2D eigenvalue weighted by Crippen LogP contribution is 2.31. The van der Waals surface area contributed by atoms with Crippen molar-refractivity contribution < 1.29 is 13.6 Å². The third kappa shape index (κ3) is 1.97.